The minimum absolute atomic E-state index is 0.189. The van der Waals surface area contributed by atoms with Crippen LogP contribution in [0.4, 0.5) is 10.5 Å². The van der Waals surface area contributed by atoms with E-state index in [9.17, 15) is 4.79 Å². The SMILES string of the molecule is CC(C)(C)OC(=O)Nc1ccc(C(CN=[N+]=[N-])CN=[N+]=[N-])cc1. The molecule has 0 aliphatic heterocycles. The lowest BCUT2D eigenvalue weighted by atomic mass is 9.99. The molecule has 0 unspecified atom stereocenters. The standard InChI is InChI=1S/C14H19N7O2/c1-14(2,3)23-13(22)19-12-6-4-10(5-7-12)11(8-17-20-15)9-18-21-16/h4-7,11H,8-9H2,1-3H3,(H,19,22). The summed E-state index contributed by atoms with van der Waals surface area (Å²) in [5.74, 6) is -0.211. The van der Waals surface area contributed by atoms with Crippen LogP contribution in [0.15, 0.2) is 34.5 Å². The van der Waals surface area contributed by atoms with Crippen molar-refractivity contribution in [2.75, 3.05) is 18.4 Å². The average Bonchev–Trinajstić information content (AvgIpc) is 2.46. The number of carbonyl (C=O) groups excluding carboxylic acids is 1. The molecule has 0 spiro atoms. The van der Waals surface area contributed by atoms with Crippen LogP contribution in [0.3, 0.4) is 0 Å². The van der Waals surface area contributed by atoms with Crippen LogP contribution in [0.2, 0.25) is 0 Å². The van der Waals surface area contributed by atoms with Gasteiger partial charge in [0.25, 0.3) is 0 Å². The first kappa shape index (κ1) is 18.2. The molecule has 0 radical (unpaired) electrons. The monoisotopic (exact) mass is 317 g/mol. The van der Waals surface area contributed by atoms with Gasteiger partial charge in [-0.2, -0.15) is 0 Å². The van der Waals surface area contributed by atoms with E-state index in [1.165, 1.54) is 0 Å². The highest BCUT2D eigenvalue weighted by Crippen LogP contribution is 2.20. The second-order valence-electron chi connectivity index (χ2n) is 5.77. The number of amides is 1. The van der Waals surface area contributed by atoms with Crippen LogP contribution in [0, 0.1) is 0 Å². The van der Waals surface area contributed by atoms with Crippen molar-refractivity contribution in [3.05, 3.63) is 50.7 Å². The first-order valence-electron chi connectivity index (χ1n) is 6.97. The van der Waals surface area contributed by atoms with Gasteiger partial charge in [-0.3, -0.25) is 5.32 Å². The fourth-order valence-electron chi connectivity index (χ4n) is 1.80. The predicted molar refractivity (Wildman–Crippen MR) is 87.1 cm³/mol. The van der Waals surface area contributed by atoms with Crippen molar-refractivity contribution < 1.29 is 9.53 Å². The molecule has 0 aliphatic carbocycles. The molecule has 1 rings (SSSR count). The molecule has 9 nitrogen and oxygen atoms in total. The van der Waals surface area contributed by atoms with E-state index in [2.05, 4.69) is 25.4 Å². The number of carbonyl (C=O) groups is 1. The Kier molecular flexibility index (Phi) is 6.73. The number of hydrogen-bond acceptors (Lipinski definition) is 4. The zero-order chi connectivity index (χ0) is 17.3. The number of ether oxygens (including phenoxy) is 1. The molecule has 9 heteroatoms. The Labute approximate surface area is 133 Å². The molecule has 1 amide bonds. The fraction of sp³-hybridized carbons (Fsp3) is 0.500. The molecule has 0 saturated carbocycles. The summed E-state index contributed by atoms with van der Waals surface area (Å²) in [6, 6.07) is 6.96. The number of nitrogens with one attached hydrogen (secondary N) is 1. The molecule has 0 aliphatic rings. The second-order valence-corrected chi connectivity index (χ2v) is 5.77. The van der Waals surface area contributed by atoms with Crippen molar-refractivity contribution in [3.8, 4) is 0 Å². The van der Waals surface area contributed by atoms with Gasteiger partial charge in [-0.15, -0.1) is 0 Å². The number of anilines is 1. The van der Waals surface area contributed by atoms with E-state index in [-0.39, 0.29) is 19.0 Å². The molecule has 0 bridgehead atoms. The van der Waals surface area contributed by atoms with Crippen molar-refractivity contribution >= 4 is 11.8 Å². The molecule has 0 heterocycles. The normalized spacial score (nSPS) is 11.6. The van der Waals surface area contributed by atoms with E-state index >= 15 is 0 Å². The Morgan fingerprint density at radius 3 is 2.13 bits per heavy atom. The Hall–Kier alpha value is -2.89. The highest BCUT2D eigenvalue weighted by atomic mass is 16.6. The first-order valence-corrected chi connectivity index (χ1v) is 6.97. The van der Waals surface area contributed by atoms with Gasteiger partial charge in [0.05, 0.1) is 0 Å². The lowest BCUT2D eigenvalue weighted by Gasteiger charge is -2.20. The van der Waals surface area contributed by atoms with Gasteiger partial charge in [-0.05, 0) is 55.4 Å². The maximum absolute atomic E-state index is 11.7. The van der Waals surface area contributed by atoms with Crippen LogP contribution in [0.1, 0.15) is 32.3 Å². The number of nitrogens with zero attached hydrogens (tertiary/aromatic N) is 6. The topological polar surface area (TPSA) is 136 Å². The number of hydrogen-bond donors (Lipinski definition) is 1. The summed E-state index contributed by atoms with van der Waals surface area (Å²) >= 11 is 0. The number of benzene rings is 1. The van der Waals surface area contributed by atoms with E-state index in [1.807, 2.05) is 0 Å². The Morgan fingerprint density at radius 1 is 1.17 bits per heavy atom. The summed E-state index contributed by atoms with van der Waals surface area (Å²) < 4.78 is 5.17. The van der Waals surface area contributed by atoms with Gasteiger partial charge in [0, 0.05) is 28.6 Å². The molecule has 23 heavy (non-hydrogen) atoms. The van der Waals surface area contributed by atoms with Crippen molar-refractivity contribution in [1.82, 2.24) is 0 Å². The van der Waals surface area contributed by atoms with Gasteiger partial charge >= 0.3 is 6.09 Å². The molecule has 1 aromatic rings. The van der Waals surface area contributed by atoms with Crippen LogP contribution >= 0.6 is 0 Å². The summed E-state index contributed by atoms with van der Waals surface area (Å²) in [4.78, 5) is 17.1. The Balaban J connectivity index is 2.78. The molecule has 0 atom stereocenters. The van der Waals surface area contributed by atoms with E-state index in [0.717, 1.165) is 5.56 Å². The van der Waals surface area contributed by atoms with Crippen LogP contribution in [0.5, 0.6) is 0 Å². The van der Waals surface area contributed by atoms with Crippen molar-refractivity contribution in [3.63, 3.8) is 0 Å². The smallest absolute Gasteiger partial charge is 0.412 e. The summed E-state index contributed by atoms with van der Waals surface area (Å²) in [6.07, 6.45) is -0.537. The Morgan fingerprint density at radius 2 is 1.70 bits per heavy atom. The van der Waals surface area contributed by atoms with Crippen LogP contribution in [0.25, 0.3) is 20.9 Å². The molecule has 0 saturated heterocycles. The van der Waals surface area contributed by atoms with Crippen molar-refractivity contribution in [2.45, 2.75) is 32.3 Å². The number of azide groups is 2. The number of rotatable bonds is 6. The van der Waals surface area contributed by atoms with E-state index in [0.29, 0.717) is 5.69 Å². The molecule has 122 valence electrons. The highest BCUT2D eigenvalue weighted by molar-refractivity contribution is 5.84. The third-order valence-electron chi connectivity index (χ3n) is 2.76. The quantitative estimate of drug-likeness (QED) is 0.460. The lowest BCUT2D eigenvalue weighted by molar-refractivity contribution is 0.0636. The zero-order valence-electron chi connectivity index (χ0n) is 13.3. The predicted octanol–water partition coefficient (Wildman–Crippen LogP) is 4.74. The largest absolute Gasteiger partial charge is 0.444 e. The molecule has 0 aromatic heterocycles. The first-order chi connectivity index (χ1) is 10.9. The van der Waals surface area contributed by atoms with Gasteiger partial charge in [-0.25, -0.2) is 4.79 Å². The lowest BCUT2D eigenvalue weighted by Crippen LogP contribution is -2.27. The third kappa shape index (κ3) is 7.08. The van der Waals surface area contributed by atoms with Gasteiger partial charge in [0.1, 0.15) is 5.60 Å². The van der Waals surface area contributed by atoms with Gasteiger partial charge in [0.2, 0.25) is 0 Å². The summed E-state index contributed by atoms with van der Waals surface area (Å²) in [6.45, 7) is 5.73. The molecular weight excluding hydrogens is 298 g/mol. The van der Waals surface area contributed by atoms with Gasteiger partial charge in [0.15, 0.2) is 0 Å². The molecule has 1 N–H and O–H groups in total. The van der Waals surface area contributed by atoms with Crippen molar-refractivity contribution in [1.29, 1.82) is 0 Å². The minimum Gasteiger partial charge on any atom is -0.444 e. The molecule has 1 aromatic carbocycles. The fourth-order valence-corrected chi connectivity index (χ4v) is 1.80. The minimum atomic E-state index is -0.570. The van der Waals surface area contributed by atoms with Crippen LogP contribution in [-0.4, -0.2) is 24.8 Å². The van der Waals surface area contributed by atoms with Crippen LogP contribution in [-0.2, 0) is 4.74 Å². The summed E-state index contributed by atoms with van der Waals surface area (Å²) in [7, 11) is 0. The van der Waals surface area contributed by atoms with E-state index in [4.69, 9.17) is 15.8 Å². The van der Waals surface area contributed by atoms with Gasteiger partial charge < -0.3 is 4.74 Å². The second kappa shape index (κ2) is 8.53. The maximum Gasteiger partial charge on any atom is 0.412 e. The maximum atomic E-state index is 11.7. The third-order valence-corrected chi connectivity index (χ3v) is 2.76. The van der Waals surface area contributed by atoms with Crippen molar-refractivity contribution in [2.24, 2.45) is 10.2 Å². The van der Waals surface area contributed by atoms with E-state index < -0.39 is 11.7 Å². The summed E-state index contributed by atoms with van der Waals surface area (Å²) in [5, 5.41) is 9.67. The van der Waals surface area contributed by atoms with Crippen LogP contribution < -0.4 is 5.32 Å². The average molecular weight is 317 g/mol. The summed E-state index contributed by atoms with van der Waals surface area (Å²) in [5.41, 5.74) is 17.7. The Bertz CT molecular complexity index is 604. The highest BCUT2D eigenvalue weighted by Gasteiger charge is 2.16. The molecular formula is C14H19N7O2. The van der Waals surface area contributed by atoms with Gasteiger partial charge in [-0.1, -0.05) is 22.4 Å². The van der Waals surface area contributed by atoms with E-state index in [1.54, 1.807) is 45.0 Å². The molecule has 0 fully saturated rings. The zero-order valence-corrected chi connectivity index (χ0v) is 13.3.